The fourth-order valence-corrected chi connectivity index (χ4v) is 3.76. The maximum absolute atomic E-state index is 12.7. The molecule has 0 bridgehead atoms. The molecule has 1 amide bonds. The summed E-state index contributed by atoms with van der Waals surface area (Å²) in [6, 6.07) is 14.7. The van der Waals surface area contributed by atoms with Crippen molar-refractivity contribution < 1.29 is 13.2 Å². The third-order valence-electron chi connectivity index (χ3n) is 4.11. The molecule has 0 spiro atoms. The van der Waals surface area contributed by atoms with Gasteiger partial charge in [-0.3, -0.25) is 9.52 Å². The normalized spacial score (nSPS) is 11.4. The summed E-state index contributed by atoms with van der Waals surface area (Å²) in [7, 11) is -3.81. The van der Waals surface area contributed by atoms with Crippen LogP contribution < -0.4 is 10.0 Å². The Hall–Kier alpha value is -3.13. The molecule has 0 saturated heterocycles. The van der Waals surface area contributed by atoms with Gasteiger partial charge in [0.2, 0.25) is 0 Å². The van der Waals surface area contributed by atoms with E-state index in [4.69, 9.17) is 0 Å². The van der Waals surface area contributed by atoms with Gasteiger partial charge in [-0.25, -0.2) is 13.1 Å². The Labute approximate surface area is 164 Å². The van der Waals surface area contributed by atoms with E-state index in [-0.39, 0.29) is 16.5 Å². The molecule has 3 rings (SSSR count). The minimum atomic E-state index is -3.81. The lowest BCUT2D eigenvalue weighted by Gasteiger charge is -2.12. The monoisotopic (exact) mass is 398 g/mol. The number of rotatable bonds is 6. The molecule has 146 valence electrons. The maximum Gasteiger partial charge on any atom is 0.261 e. The van der Waals surface area contributed by atoms with Crippen molar-refractivity contribution in [2.45, 2.75) is 31.7 Å². The molecule has 2 N–H and O–H groups in total. The van der Waals surface area contributed by atoms with Crippen LogP contribution in [0, 0.1) is 6.92 Å². The topological polar surface area (TPSA) is 93.1 Å². The van der Waals surface area contributed by atoms with Crippen LogP contribution in [0.4, 0.5) is 11.5 Å². The molecule has 2 aromatic carbocycles. The molecule has 3 aromatic rings. The van der Waals surface area contributed by atoms with E-state index in [1.807, 2.05) is 32.9 Å². The van der Waals surface area contributed by atoms with Crippen molar-refractivity contribution in [3.05, 3.63) is 71.9 Å². The van der Waals surface area contributed by atoms with Crippen LogP contribution in [0.3, 0.4) is 0 Å². The number of carbonyl (C=O) groups excluding carboxylic acids is 1. The van der Waals surface area contributed by atoms with Gasteiger partial charge in [0.15, 0.2) is 0 Å². The number of hydrogen-bond donors (Lipinski definition) is 2. The second kappa shape index (κ2) is 7.85. The first kappa shape index (κ1) is 19.6. The van der Waals surface area contributed by atoms with Gasteiger partial charge in [-0.05, 0) is 51.1 Å². The largest absolute Gasteiger partial charge is 0.307 e. The van der Waals surface area contributed by atoms with Crippen LogP contribution in [-0.2, 0) is 10.0 Å². The lowest BCUT2D eigenvalue weighted by atomic mass is 10.2. The maximum atomic E-state index is 12.7. The van der Waals surface area contributed by atoms with Crippen LogP contribution in [0.5, 0.6) is 0 Å². The number of aryl methyl sites for hydroxylation is 1. The lowest BCUT2D eigenvalue weighted by Crippen LogP contribution is -2.18. The number of benzene rings is 2. The van der Waals surface area contributed by atoms with Crippen molar-refractivity contribution in [3.8, 4) is 0 Å². The van der Waals surface area contributed by atoms with Gasteiger partial charge >= 0.3 is 0 Å². The van der Waals surface area contributed by atoms with Crippen LogP contribution in [0.25, 0.3) is 0 Å². The molecule has 28 heavy (non-hydrogen) atoms. The molecule has 0 fully saturated rings. The van der Waals surface area contributed by atoms with E-state index >= 15 is 0 Å². The van der Waals surface area contributed by atoms with E-state index < -0.39 is 15.9 Å². The Morgan fingerprint density at radius 2 is 1.79 bits per heavy atom. The average molecular weight is 398 g/mol. The minimum Gasteiger partial charge on any atom is -0.307 e. The third-order valence-corrected chi connectivity index (χ3v) is 5.49. The Morgan fingerprint density at radius 1 is 1.07 bits per heavy atom. The fourth-order valence-electron chi connectivity index (χ4n) is 2.65. The Kier molecular flexibility index (Phi) is 5.51. The van der Waals surface area contributed by atoms with Gasteiger partial charge in [0.05, 0.1) is 11.1 Å². The smallest absolute Gasteiger partial charge is 0.261 e. The van der Waals surface area contributed by atoms with Gasteiger partial charge in [-0.2, -0.15) is 5.10 Å². The number of amides is 1. The van der Waals surface area contributed by atoms with Gasteiger partial charge in [0, 0.05) is 23.4 Å². The van der Waals surface area contributed by atoms with Gasteiger partial charge < -0.3 is 5.32 Å². The van der Waals surface area contributed by atoms with E-state index in [1.165, 1.54) is 12.1 Å². The number of aromatic nitrogens is 2. The van der Waals surface area contributed by atoms with Crippen molar-refractivity contribution in [3.63, 3.8) is 0 Å². The predicted molar refractivity (Wildman–Crippen MR) is 109 cm³/mol. The molecule has 0 atom stereocenters. The molecular formula is C20H22N4O3S. The Balaban J connectivity index is 1.82. The van der Waals surface area contributed by atoms with Gasteiger partial charge in [0.1, 0.15) is 5.82 Å². The molecule has 7 nitrogen and oxygen atoms in total. The molecule has 0 radical (unpaired) electrons. The lowest BCUT2D eigenvalue weighted by molar-refractivity contribution is 0.102. The van der Waals surface area contributed by atoms with Crippen molar-refractivity contribution in [2.24, 2.45) is 0 Å². The van der Waals surface area contributed by atoms with E-state index in [9.17, 15) is 13.2 Å². The highest BCUT2D eigenvalue weighted by molar-refractivity contribution is 7.92. The summed E-state index contributed by atoms with van der Waals surface area (Å²) in [5.41, 5.74) is 1.73. The quantitative estimate of drug-likeness (QED) is 0.660. The number of hydrogen-bond acceptors (Lipinski definition) is 4. The van der Waals surface area contributed by atoms with E-state index in [0.717, 1.165) is 5.56 Å². The number of anilines is 2. The summed E-state index contributed by atoms with van der Waals surface area (Å²) in [5, 5.41) is 6.94. The van der Waals surface area contributed by atoms with Crippen LogP contribution in [0.1, 0.15) is 35.8 Å². The first-order valence-corrected chi connectivity index (χ1v) is 10.3. The summed E-state index contributed by atoms with van der Waals surface area (Å²) < 4.78 is 29.5. The molecule has 0 saturated carbocycles. The highest BCUT2D eigenvalue weighted by Gasteiger charge is 2.17. The van der Waals surface area contributed by atoms with Crippen LogP contribution in [0.2, 0.25) is 0 Å². The summed E-state index contributed by atoms with van der Waals surface area (Å²) in [6.07, 6.45) is 1.60. The molecule has 1 aromatic heterocycles. The van der Waals surface area contributed by atoms with Gasteiger partial charge in [-0.1, -0.05) is 23.8 Å². The number of nitrogens with one attached hydrogen (secondary N) is 2. The fraction of sp³-hybridized carbons (Fsp3) is 0.200. The van der Waals surface area contributed by atoms with Gasteiger partial charge in [0.25, 0.3) is 15.9 Å². The Morgan fingerprint density at radius 3 is 2.46 bits per heavy atom. The van der Waals surface area contributed by atoms with Gasteiger partial charge in [-0.15, -0.1) is 0 Å². The summed E-state index contributed by atoms with van der Waals surface area (Å²) >= 11 is 0. The number of nitrogens with zero attached hydrogens (tertiary/aromatic N) is 2. The van der Waals surface area contributed by atoms with Crippen LogP contribution >= 0.6 is 0 Å². The zero-order valence-corrected chi connectivity index (χ0v) is 16.7. The van der Waals surface area contributed by atoms with Crippen LogP contribution in [0.15, 0.2) is 65.7 Å². The highest BCUT2D eigenvalue weighted by atomic mass is 32.2. The molecule has 8 heteroatoms. The highest BCUT2D eigenvalue weighted by Crippen LogP contribution is 2.19. The summed E-state index contributed by atoms with van der Waals surface area (Å²) in [4.78, 5) is 12.6. The first-order chi connectivity index (χ1) is 13.3. The predicted octanol–water partition coefficient (Wildman–Crippen LogP) is 3.83. The van der Waals surface area contributed by atoms with Crippen molar-refractivity contribution in [1.29, 1.82) is 0 Å². The average Bonchev–Trinajstić information content (AvgIpc) is 3.12. The van der Waals surface area contributed by atoms with E-state index in [0.29, 0.717) is 11.5 Å². The Bertz CT molecular complexity index is 1090. The summed E-state index contributed by atoms with van der Waals surface area (Å²) in [5.74, 6) is 0.140. The van der Waals surface area contributed by atoms with E-state index in [2.05, 4.69) is 15.1 Å². The molecule has 0 aliphatic heterocycles. The van der Waals surface area contributed by atoms with Crippen LogP contribution in [-0.4, -0.2) is 24.1 Å². The first-order valence-electron chi connectivity index (χ1n) is 8.81. The standard InChI is InChI=1S/C20H22N4O3S/c1-14(2)24-19(11-12-21-24)22-20(25)16-5-4-6-18(13-16)28(26,27)23-17-9-7-15(3)8-10-17/h4-14,23H,1-3H3,(H,22,25). The molecule has 0 aliphatic carbocycles. The SMILES string of the molecule is Cc1ccc(NS(=O)(=O)c2cccc(C(=O)Nc3ccnn3C(C)C)c2)cc1. The minimum absolute atomic E-state index is 0.0121. The second-order valence-corrected chi connectivity index (χ2v) is 8.39. The molecular weight excluding hydrogens is 376 g/mol. The molecule has 0 aliphatic rings. The zero-order valence-electron chi connectivity index (χ0n) is 15.9. The zero-order chi connectivity index (χ0) is 20.3. The van der Waals surface area contributed by atoms with Crippen molar-refractivity contribution >= 4 is 27.4 Å². The number of carbonyl (C=O) groups is 1. The van der Waals surface area contributed by atoms with Crippen molar-refractivity contribution in [2.75, 3.05) is 10.0 Å². The third kappa shape index (κ3) is 4.40. The van der Waals surface area contributed by atoms with Crippen molar-refractivity contribution in [1.82, 2.24) is 9.78 Å². The molecule has 0 unspecified atom stereocenters. The second-order valence-electron chi connectivity index (χ2n) is 6.71. The summed E-state index contributed by atoms with van der Waals surface area (Å²) in [6.45, 7) is 5.82. The number of sulfonamides is 1. The van der Waals surface area contributed by atoms with E-state index in [1.54, 1.807) is 41.2 Å². The molecule has 1 heterocycles.